The zero-order valence-corrected chi connectivity index (χ0v) is 33.7. The van der Waals surface area contributed by atoms with Gasteiger partial charge in [0.05, 0.1) is 34.5 Å². The number of para-hydroxylation sites is 1. The molecule has 2 heterocycles. The molecule has 298 valence electrons. The van der Waals surface area contributed by atoms with Crippen LogP contribution in [0.5, 0.6) is 0 Å². The number of nitro groups is 1. The first-order chi connectivity index (χ1) is 27.2. The van der Waals surface area contributed by atoms with Gasteiger partial charge in [-0.15, -0.1) is 23.1 Å². The number of nitrogens with zero attached hydrogens (tertiary/aromatic N) is 2. The number of carbonyl (C=O) groups excluding carboxylic acids is 5. The third kappa shape index (κ3) is 11.1. The average Bonchev–Trinajstić information content (AvgIpc) is 3.53. The Morgan fingerprint density at radius 1 is 0.982 bits per heavy atom. The maximum atomic E-state index is 13.8. The van der Waals surface area contributed by atoms with Crippen LogP contribution >= 0.6 is 23.1 Å². The predicted molar refractivity (Wildman–Crippen MR) is 219 cm³/mol. The summed E-state index contributed by atoms with van der Waals surface area (Å²) in [6.07, 6.45) is 1.57. The van der Waals surface area contributed by atoms with Crippen molar-refractivity contribution in [1.82, 2.24) is 10.2 Å². The van der Waals surface area contributed by atoms with Gasteiger partial charge in [-0.3, -0.25) is 24.5 Å². The summed E-state index contributed by atoms with van der Waals surface area (Å²) in [6.45, 7) is 9.62. The highest BCUT2D eigenvalue weighted by molar-refractivity contribution is 8.00. The minimum absolute atomic E-state index is 0.111. The van der Waals surface area contributed by atoms with Crippen LogP contribution in [-0.4, -0.2) is 63.6 Å². The van der Waals surface area contributed by atoms with E-state index in [0.29, 0.717) is 35.0 Å². The van der Waals surface area contributed by atoms with Gasteiger partial charge in [0, 0.05) is 33.6 Å². The molecule has 1 unspecified atom stereocenters. The van der Waals surface area contributed by atoms with E-state index in [1.807, 2.05) is 6.92 Å². The van der Waals surface area contributed by atoms with Gasteiger partial charge < -0.3 is 30.3 Å². The van der Waals surface area contributed by atoms with E-state index in [2.05, 4.69) is 16.0 Å². The highest BCUT2D eigenvalue weighted by atomic mass is 32.2. The summed E-state index contributed by atoms with van der Waals surface area (Å²) in [5.74, 6) is -2.24. The lowest BCUT2D eigenvalue weighted by molar-refractivity contribution is -0.385. The molecular formula is C41H43N5O9S2. The number of hydrogen-bond acceptors (Lipinski definition) is 11. The van der Waals surface area contributed by atoms with Crippen LogP contribution in [0.25, 0.3) is 6.08 Å². The largest absolute Gasteiger partial charge is 0.462 e. The maximum absolute atomic E-state index is 13.8. The molecule has 57 heavy (non-hydrogen) atoms. The van der Waals surface area contributed by atoms with E-state index in [1.54, 1.807) is 93.3 Å². The lowest BCUT2D eigenvalue weighted by Gasteiger charge is -2.30. The van der Waals surface area contributed by atoms with Crippen LogP contribution in [0.3, 0.4) is 0 Å². The van der Waals surface area contributed by atoms with Crippen molar-refractivity contribution in [2.75, 3.05) is 23.8 Å². The van der Waals surface area contributed by atoms with Gasteiger partial charge in [0.1, 0.15) is 16.3 Å². The molecule has 16 heteroatoms. The van der Waals surface area contributed by atoms with Crippen molar-refractivity contribution in [2.45, 2.75) is 69.8 Å². The van der Waals surface area contributed by atoms with Crippen molar-refractivity contribution in [3.8, 4) is 0 Å². The van der Waals surface area contributed by atoms with Gasteiger partial charge in [-0.25, -0.2) is 9.59 Å². The van der Waals surface area contributed by atoms with Crippen molar-refractivity contribution in [3.05, 3.63) is 122 Å². The number of rotatable bonds is 13. The minimum atomic E-state index is -0.734. The number of hydrogen-bond donors (Lipinski definition) is 3. The first-order valence-electron chi connectivity index (χ1n) is 18.2. The Hall–Kier alpha value is -6.00. The summed E-state index contributed by atoms with van der Waals surface area (Å²) in [7, 11) is 0. The fourth-order valence-corrected chi connectivity index (χ4v) is 8.06. The zero-order chi connectivity index (χ0) is 41.3. The molecule has 14 nitrogen and oxygen atoms in total. The predicted octanol–water partition coefficient (Wildman–Crippen LogP) is 8.05. The molecule has 3 N–H and O–H groups in total. The molecular weight excluding hydrogens is 771 g/mol. The van der Waals surface area contributed by atoms with Crippen molar-refractivity contribution in [3.63, 3.8) is 0 Å². The number of benzene rings is 3. The fourth-order valence-electron chi connectivity index (χ4n) is 5.79. The molecule has 0 saturated carbocycles. The van der Waals surface area contributed by atoms with Gasteiger partial charge in [-0.05, 0) is 88.6 Å². The number of ether oxygens (including phenoxy) is 2. The average molecular weight is 814 g/mol. The molecule has 4 aromatic rings. The Labute approximate surface area is 338 Å². The van der Waals surface area contributed by atoms with Crippen molar-refractivity contribution < 1.29 is 38.4 Å². The summed E-state index contributed by atoms with van der Waals surface area (Å²) in [6, 6.07) is 20.8. The lowest BCUT2D eigenvalue weighted by Crippen LogP contribution is -2.39. The highest BCUT2D eigenvalue weighted by Gasteiger charge is 2.33. The Morgan fingerprint density at radius 2 is 1.70 bits per heavy atom. The Kier molecular flexibility index (Phi) is 13.9. The molecule has 0 spiro atoms. The molecule has 1 aliphatic rings. The van der Waals surface area contributed by atoms with Crippen LogP contribution in [0.2, 0.25) is 0 Å². The molecule has 0 bridgehead atoms. The number of anilines is 2. The van der Waals surface area contributed by atoms with E-state index in [1.165, 1.54) is 47.4 Å². The molecule has 1 aliphatic heterocycles. The van der Waals surface area contributed by atoms with Gasteiger partial charge in [0.25, 0.3) is 17.5 Å². The summed E-state index contributed by atoms with van der Waals surface area (Å²) in [5.41, 5.74) is 0.587. The van der Waals surface area contributed by atoms with E-state index >= 15 is 0 Å². The van der Waals surface area contributed by atoms with Gasteiger partial charge >= 0.3 is 12.1 Å². The number of thioether (sulfide) groups is 1. The van der Waals surface area contributed by atoms with E-state index in [4.69, 9.17) is 9.47 Å². The van der Waals surface area contributed by atoms with E-state index < -0.39 is 39.7 Å². The molecule has 1 aromatic heterocycles. The van der Waals surface area contributed by atoms with Gasteiger partial charge in [0.2, 0.25) is 5.91 Å². The van der Waals surface area contributed by atoms with E-state index in [9.17, 15) is 34.1 Å². The SMILES string of the molecule is CCOC(=O)c1c(NC(=O)C(CC)Sc2cccc(NC(=O)/C(=C\c3ccccc3[N+](=O)[O-])NC(=O)c3ccccc3)c2)sc2c1CCN(C(=O)OC(C)(C)C)C2. The molecule has 0 radical (unpaired) electrons. The second-order valence-corrected chi connectivity index (χ2v) is 16.1. The van der Waals surface area contributed by atoms with Crippen LogP contribution in [-0.2, 0) is 32.0 Å². The molecule has 3 aromatic carbocycles. The summed E-state index contributed by atoms with van der Waals surface area (Å²) < 4.78 is 10.9. The molecule has 0 aliphatic carbocycles. The number of amides is 4. The first-order valence-corrected chi connectivity index (χ1v) is 19.9. The third-order valence-corrected chi connectivity index (χ3v) is 10.9. The fraction of sp³-hybridized carbons (Fsp3) is 0.293. The van der Waals surface area contributed by atoms with Crippen molar-refractivity contribution in [1.29, 1.82) is 0 Å². The summed E-state index contributed by atoms with van der Waals surface area (Å²) >= 11 is 2.47. The molecule has 5 rings (SSSR count). The number of fused-ring (bicyclic) bond motifs is 1. The number of carbonyl (C=O) groups is 5. The van der Waals surface area contributed by atoms with Crippen LogP contribution < -0.4 is 16.0 Å². The highest BCUT2D eigenvalue weighted by Crippen LogP contribution is 2.39. The van der Waals surface area contributed by atoms with E-state index in [0.717, 1.165) is 10.4 Å². The van der Waals surface area contributed by atoms with Gasteiger partial charge in [0.15, 0.2) is 0 Å². The van der Waals surface area contributed by atoms with Crippen LogP contribution in [0.4, 0.5) is 21.2 Å². The normalized spacial score (nSPS) is 13.1. The molecule has 0 fully saturated rings. The van der Waals surface area contributed by atoms with Crippen molar-refractivity contribution >= 4 is 75.3 Å². The second-order valence-electron chi connectivity index (χ2n) is 13.8. The quantitative estimate of drug-likeness (QED) is 0.0392. The van der Waals surface area contributed by atoms with E-state index in [-0.39, 0.29) is 47.1 Å². The van der Waals surface area contributed by atoms with Gasteiger partial charge in [-0.1, -0.05) is 43.3 Å². The van der Waals surface area contributed by atoms with Crippen LogP contribution in [0.15, 0.2) is 89.5 Å². The van der Waals surface area contributed by atoms with Gasteiger partial charge in [-0.2, -0.15) is 0 Å². The second kappa shape index (κ2) is 18.8. The lowest BCUT2D eigenvalue weighted by atomic mass is 10.0. The Balaban J connectivity index is 1.34. The third-order valence-electron chi connectivity index (χ3n) is 8.42. The number of nitrogens with one attached hydrogen (secondary N) is 3. The smallest absolute Gasteiger partial charge is 0.410 e. The Morgan fingerprint density at radius 3 is 2.39 bits per heavy atom. The topological polar surface area (TPSA) is 186 Å². The Bertz CT molecular complexity index is 2200. The summed E-state index contributed by atoms with van der Waals surface area (Å²) in [4.78, 5) is 80.8. The first kappa shape index (κ1) is 42.1. The number of esters is 1. The molecule has 0 saturated heterocycles. The van der Waals surface area contributed by atoms with Crippen molar-refractivity contribution in [2.24, 2.45) is 0 Å². The molecule has 1 atom stereocenters. The number of nitro benzene ring substituents is 1. The summed E-state index contributed by atoms with van der Waals surface area (Å²) in [5, 5.41) is 19.7. The van der Waals surface area contributed by atoms with Crippen LogP contribution in [0.1, 0.15) is 77.8 Å². The number of thiophene rings is 1. The molecule has 4 amide bonds. The maximum Gasteiger partial charge on any atom is 0.410 e. The minimum Gasteiger partial charge on any atom is -0.462 e. The monoisotopic (exact) mass is 813 g/mol. The zero-order valence-electron chi connectivity index (χ0n) is 32.1. The standard InChI is InChI=1S/C41H43N5O9S2/c1-6-32(37(49)44-38-34(39(50)54-7-2)29-20-21-45(24-33(29)57-38)40(51)55-41(3,4)5)56-28-18-13-17-27(23-28)42-36(48)30(43-35(47)25-14-9-8-10-15-25)22-26-16-11-12-19-31(26)46(52)53/h8-19,22-23,32H,6-7,20-21,24H2,1-5H3,(H,42,48)(H,43,47)(H,44,49)/b30-22+. The van der Waals surface area contributed by atoms with Crippen LogP contribution in [0, 0.1) is 10.1 Å².